The van der Waals surface area contributed by atoms with Crippen LogP contribution in [0.1, 0.15) is 48.7 Å². The Morgan fingerprint density at radius 1 is 1.39 bits per heavy atom. The van der Waals surface area contributed by atoms with Gasteiger partial charge in [-0.15, -0.1) is 11.3 Å². The summed E-state index contributed by atoms with van der Waals surface area (Å²) in [5, 5.41) is 5.14. The minimum atomic E-state index is -0.0112. The van der Waals surface area contributed by atoms with Crippen molar-refractivity contribution in [3.05, 3.63) is 46.4 Å². The van der Waals surface area contributed by atoms with Crippen LogP contribution in [0, 0.1) is 5.92 Å². The quantitative estimate of drug-likeness (QED) is 0.900. The molecule has 0 unspecified atom stereocenters. The van der Waals surface area contributed by atoms with Crippen LogP contribution in [-0.4, -0.2) is 16.9 Å². The molecule has 1 N–H and O–H groups in total. The summed E-state index contributed by atoms with van der Waals surface area (Å²) in [6, 6.07) is 7.64. The summed E-state index contributed by atoms with van der Waals surface area (Å²) >= 11 is 1.55. The molecule has 0 spiro atoms. The minimum absolute atomic E-state index is 0.0112. The van der Waals surface area contributed by atoms with Gasteiger partial charge < -0.3 is 10.1 Å². The smallest absolute Gasteiger partial charge is 0.251 e. The number of thiazole rings is 1. The summed E-state index contributed by atoms with van der Waals surface area (Å²) in [5.41, 5.74) is 3.34. The zero-order valence-electron chi connectivity index (χ0n) is 13.3. The average molecular weight is 330 g/mol. The van der Waals surface area contributed by atoms with Gasteiger partial charge in [0.1, 0.15) is 12.4 Å². The number of nitrogens with zero attached hydrogens (tertiary/aromatic N) is 1. The van der Waals surface area contributed by atoms with Crippen LogP contribution in [0.4, 0.5) is 0 Å². The van der Waals surface area contributed by atoms with Crippen molar-refractivity contribution in [1.82, 2.24) is 10.3 Å². The number of amides is 1. The Morgan fingerprint density at radius 3 is 3.04 bits per heavy atom. The topological polar surface area (TPSA) is 51.2 Å². The first-order chi connectivity index (χ1) is 11.2. The molecule has 1 aromatic heterocycles. The lowest BCUT2D eigenvalue weighted by molar-refractivity contribution is 0.0910. The molecule has 23 heavy (non-hydrogen) atoms. The molecule has 0 radical (unpaired) electrons. The second-order valence-electron chi connectivity index (χ2n) is 6.14. The molecule has 1 fully saturated rings. The van der Waals surface area contributed by atoms with E-state index in [4.69, 9.17) is 4.74 Å². The van der Waals surface area contributed by atoms with Crippen molar-refractivity contribution in [1.29, 1.82) is 0 Å². The van der Waals surface area contributed by atoms with E-state index in [2.05, 4.69) is 17.2 Å². The molecular formula is C18H22N2O2S. The fourth-order valence-corrected chi connectivity index (χ4v) is 3.52. The maximum atomic E-state index is 12.5. The summed E-state index contributed by atoms with van der Waals surface area (Å²) in [5.74, 6) is 1.24. The molecule has 4 nitrogen and oxygen atoms in total. The van der Waals surface area contributed by atoms with Gasteiger partial charge in [-0.1, -0.05) is 25.8 Å². The van der Waals surface area contributed by atoms with Gasteiger partial charge in [0, 0.05) is 17.0 Å². The van der Waals surface area contributed by atoms with E-state index in [1.54, 1.807) is 22.9 Å². The van der Waals surface area contributed by atoms with Gasteiger partial charge in [0.2, 0.25) is 0 Å². The van der Waals surface area contributed by atoms with Crippen LogP contribution in [0.15, 0.2) is 35.2 Å². The Morgan fingerprint density at radius 2 is 2.26 bits per heavy atom. The van der Waals surface area contributed by atoms with Gasteiger partial charge in [0.25, 0.3) is 5.91 Å². The fraction of sp³-hybridized carbons (Fsp3) is 0.444. The monoisotopic (exact) mass is 330 g/mol. The van der Waals surface area contributed by atoms with Crippen molar-refractivity contribution in [3.63, 3.8) is 0 Å². The highest BCUT2D eigenvalue weighted by Gasteiger charge is 2.23. The predicted molar refractivity (Wildman–Crippen MR) is 91.8 cm³/mol. The number of carbonyl (C=O) groups is 1. The van der Waals surface area contributed by atoms with E-state index in [9.17, 15) is 4.79 Å². The molecule has 2 atom stereocenters. The zero-order valence-corrected chi connectivity index (χ0v) is 14.1. The van der Waals surface area contributed by atoms with Gasteiger partial charge in [-0.05, 0) is 37.0 Å². The lowest BCUT2D eigenvalue weighted by Gasteiger charge is -2.29. The lowest BCUT2D eigenvalue weighted by Crippen LogP contribution is -2.41. The molecule has 122 valence electrons. The number of carbonyl (C=O) groups excluding carboxylic acids is 1. The van der Waals surface area contributed by atoms with Crippen molar-refractivity contribution in [2.75, 3.05) is 0 Å². The number of ether oxygens (including phenoxy) is 1. The lowest BCUT2D eigenvalue weighted by atomic mass is 9.86. The van der Waals surface area contributed by atoms with Crippen LogP contribution < -0.4 is 10.1 Å². The molecule has 1 saturated carbocycles. The van der Waals surface area contributed by atoms with E-state index in [1.807, 2.05) is 23.6 Å². The molecule has 1 aliphatic carbocycles. The van der Waals surface area contributed by atoms with E-state index in [0.29, 0.717) is 23.8 Å². The van der Waals surface area contributed by atoms with Crippen LogP contribution in [0.25, 0.3) is 0 Å². The molecule has 0 bridgehead atoms. The third kappa shape index (κ3) is 4.32. The molecule has 1 aliphatic rings. The molecule has 5 heteroatoms. The SMILES string of the molecule is C[C@@H]1CCCC[C@@H]1NC(=O)c1cccc(OCc2cscn2)c1. The Bertz CT molecular complexity index is 642. The third-order valence-electron chi connectivity index (χ3n) is 4.39. The first kappa shape index (κ1) is 16.0. The van der Waals surface area contributed by atoms with Crippen LogP contribution >= 0.6 is 11.3 Å². The molecule has 2 aromatic rings. The summed E-state index contributed by atoms with van der Waals surface area (Å²) < 4.78 is 5.72. The van der Waals surface area contributed by atoms with E-state index < -0.39 is 0 Å². The number of nitrogens with one attached hydrogen (secondary N) is 1. The number of benzene rings is 1. The van der Waals surface area contributed by atoms with Crippen molar-refractivity contribution in [3.8, 4) is 5.75 Å². The Balaban J connectivity index is 1.60. The van der Waals surface area contributed by atoms with Crippen molar-refractivity contribution < 1.29 is 9.53 Å². The van der Waals surface area contributed by atoms with Crippen LogP contribution in [0.3, 0.4) is 0 Å². The number of aromatic nitrogens is 1. The van der Waals surface area contributed by atoms with Gasteiger partial charge in [-0.25, -0.2) is 4.98 Å². The van der Waals surface area contributed by atoms with E-state index in [0.717, 1.165) is 12.1 Å². The molecule has 1 aromatic carbocycles. The number of rotatable bonds is 5. The largest absolute Gasteiger partial charge is 0.487 e. The van der Waals surface area contributed by atoms with Gasteiger partial charge in [-0.3, -0.25) is 4.79 Å². The zero-order chi connectivity index (χ0) is 16.1. The number of hydrogen-bond donors (Lipinski definition) is 1. The molecule has 1 amide bonds. The number of hydrogen-bond acceptors (Lipinski definition) is 4. The van der Waals surface area contributed by atoms with Gasteiger partial charge in [-0.2, -0.15) is 0 Å². The van der Waals surface area contributed by atoms with E-state index in [1.165, 1.54) is 19.3 Å². The Hall–Kier alpha value is -1.88. The highest BCUT2D eigenvalue weighted by atomic mass is 32.1. The fourth-order valence-electron chi connectivity index (χ4n) is 2.98. The van der Waals surface area contributed by atoms with E-state index in [-0.39, 0.29) is 11.9 Å². The normalized spacial score (nSPS) is 20.9. The minimum Gasteiger partial charge on any atom is -0.487 e. The molecular weight excluding hydrogens is 308 g/mol. The average Bonchev–Trinajstić information content (AvgIpc) is 3.09. The van der Waals surface area contributed by atoms with Crippen molar-refractivity contribution >= 4 is 17.2 Å². The van der Waals surface area contributed by atoms with Gasteiger partial charge >= 0.3 is 0 Å². The Labute approximate surface area is 140 Å². The molecule has 3 rings (SSSR count). The summed E-state index contributed by atoms with van der Waals surface area (Å²) in [4.78, 5) is 16.7. The summed E-state index contributed by atoms with van der Waals surface area (Å²) in [6.45, 7) is 2.64. The third-order valence-corrected chi connectivity index (χ3v) is 5.03. The molecule has 0 saturated heterocycles. The predicted octanol–water partition coefficient (Wildman–Crippen LogP) is 4.03. The first-order valence-corrected chi connectivity index (χ1v) is 9.07. The van der Waals surface area contributed by atoms with Crippen LogP contribution in [0.2, 0.25) is 0 Å². The maximum absolute atomic E-state index is 12.5. The molecule has 0 aliphatic heterocycles. The van der Waals surface area contributed by atoms with E-state index >= 15 is 0 Å². The summed E-state index contributed by atoms with van der Waals surface area (Å²) in [6.07, 6.45) is 4.74. The van der Waals surface area contributed by atoms with Crippen LogP contribution in [-0.2, 0) is 6.61 Å². The Kier molecular flexibility index (Phi) is 5.28. The first-order valence-electron chi connectivity index (χ1n) is 8.13. The van der Waals surface area contributed by atoms with Crippen molar-refractivity contribution in [2.45, 2.75) is 45.3 Å². The maximum Gasteiger partial charge on any atom is 0.251 e. The van der Waals surface area contributed by atoms with Gasteiger partial charge in [0.15, 0.2) is 0 Å². The highest BCUT2D eigenvalue weighted by molar-refractivity contribution is 7.07. The van der Waals surface area contributed by atoms with Crippen molar-refractivity contribution in [2.24, 2.45) is 5.92 Å². The summed E-state index contributed by atoms with van der Waals surface area (Å²) in [7, 11) is 0. The second kappa shape index (κ2) is 7.59. The van der Waals surface area contributed by atoms with Crippen LogP contribution in [0.5, 0.6) is 5.75 Å². The van der Waals surface area contributed by atoms with Gasteiger partial charge in [0.05, 0.1) is 11.2 Å². The molecule has 1 heterocycles. The standard InChI is InChI=1S/C18H22N2O2S/c1-13-5-2-3-8-17(13)20-18(21)14-6-4-7-16(9-14)22-10-15-11-23-12-19-15/h4,6-7,9,11-13,17H,2-3,5,8,10H2,1H3,(H,20,21)/t13-,17+/m1/s1. The highest BCUT2D eigenvalue weighted by Crippen LogP contribution is 2.24. The second-order valence-corrected chi connectivity index (χ2v) is 6.86.